The van der Waals surface area contributed by atoms with Gasteiger partial charge in [0.15, 0.2) is 0 Å². The molecular weight excluding hydrogens is 242 g/mol. The number of amides is 1. The number of aromatic amines is 1. The Morgan fingerprint density at radius 2 is 2.21 bits per heavy atom. The molecule has 0 spiro atoms. The van der Waals surface area contributed by atoms with Gasteiger partial charge in [-0.1, -0.05) is 24.3 Å². The van der Waals surface area contributed by atoms with Crippen molar-refractivity contribution in [2.24, 2.45) is 0 Å². The van der Waals surface area contributed by atoms with E-state index in [2.05, 4.69) is 10.3 Å². The van der Waals surface area contributed by atoms with Gasteiger partial charge in [0.25, 0.3) is 5.91 Å². The van der Waals surface area contributed by atoms with Crippen molar-refractivity contribution in [1.29, 1.82) is 0 Å². The molecule has 0 saturated heterocycles. The summed E-state index contributed by atoms with van der Waals surface area (Å²) in [5.41, 5.74) is 8.53. The molecule has 2 aromatic rings. The molecule has 1 aromatic carbocycles. The molecule has 0 saturated carbocycles. The van der Waals surface area contributed by atoms with Gasteiger partial charge in [0.1, 0.15) is 5.69 Å². The first-order valence-corrected chi connectivity index (χ1v) is 6.16. The minimum Gasteiger partial charge on any atom is -0.397 e. The molecule has 0 aliphatic heterocycles. The van der Waals surface area contributed by atoms with Gasteiger partial charge < -0.3 is 21.1 Å². The van der Waals surface area contributed by atoms with Gasteiger partial charge in [0.05, 0.1) is 12.1 Å². The van der Waals surface area contributed by atoms with E-state index in [1.165, 1.54) is 0 Å². The second-order valence-electron chi connectivity index (χ2n) is 4.77. The smallest absolute Gasteiger partial charge is 0.268 e. The van der Waals surface area contributed by atoms with Gasteiger partial charge in [-0.3, -0.25) is 4.79 Å². The summed E-state index contributed by atoms with van der Waals surface area (Å²) in [6.07, 6.45) is 1.54. The molecule has 1 amide bonds. The van der Waals surface area contributed by atoms with Crippen LogP contribution >= 0.6 is 0 Å². The minimum atomic E-state index is -0.589. The largest absolute Gasteiger partial charge is 0.397 e. The number of benzene rings is 1. The molecule has 3 rings (SSSR count). The van der Waals surface area contributed by atoms with Crippen molar-refractivity contribution in [1.82, 2.24) is 10.3 Å². The van der Waals surface area contributed by atoms with Gasteiger partial charge >= 0.3 is 0 Å². The van der Waals surface area contributed by atoms with Crippen LogP contribution < -0.4 is 11.1 Å². The third-order valence-electron chi connectivity index (χ3n) is 3.44. The molecule has 0 radical (unpaired) electrons. The van der Waals surface area contributed by atoms with Crippen molar-refractivity contribution in [3.05, 3.63) is 53.3 Å². The quantitative estimate of drug-likeness (QED) is 0.646. The van der Waals surface area contributed by atoms with Crippen LogP contribution in [0.25, 0.3) is 0 Å². The van der Waals surface area contributed by atoms with Gasteiger partial charge in [-0.15, -0.1) is 0 Å². The molecule has 19 heavy (non-hydrogen) atoms. The van der Waals surface area contributed by atoms with Crippen LogP contribution in [0.3, 0.4) is 0 Å². The first-order chi connectivity index (χ1) is 9.15. The van der Waals surface area contributed by atoms with Crippen LogP contribution in [-0.4, -0.2) is 22.1 Å². The van der Waals surface area contributed by atoms with E-state index in [1.807, 2.05) is 24.3 Å². The third kappa shape index (κ3) is 2.08. The predicted octanol–water partition coefficient (Wildman–Crippen LogP) is 0.985. The Morgan fingerprint density at radius 3 is 2.95 bits per heavy atom. The molecule has 1 aliphatic rings. The molecule has 5 N–H and O–H groups in total. The first kappa shape index (κ1) is 11.8. The lowest BCUT2D eigenvalue weighted by atomic mass is 10.1. The number of nitrogens with one attached hydrogen (secondary N) is 2. The zero-order valence-electron chi connectivity index (χ0n) is 10.3. The van der Waals surface area contributed by atoms with Crippen molar-refractivity contribution < 1.29 is 9.90 Å². The van der Waals surface area contributed by atoms with E-state index in [9.17, 15) is 9.90 Å². The molecule has 0 unspecified atom stereocenters. The Labute approximate surface area is 110 Å². The van der Waals surface area contributed by atoms with Gasteiger partial charge in [0.2, 0.25) is 0 Å². The summed E-state index contributed by atoms with van der Waals surface area (Å²) in [4.78, 5) is 14.9. The first-order valence-electron chi connectivity index (χ1n) is 6.16. The molecule has 2 atom stereocenters. The number of hydrogen-bond acceptors (Lipinski definition) is 3. The molecular formula is C14H15N3O2. The average molecular weight is 257 g/mol. The molecule has 1 aliphatic carbocycles. The minimum absolute atomic E-state index is 0.266. The lowest BCUT2D eigenvalue weighted by Gasteiger charge is -2.17. The van der Waals surface area contributed by atoms with Crippen LogP contribution in [-0.2, 0) is 6.42 Å². The highest BCUT2D eigenvalue weighted by Gasteiger charge is 2.32. The van der Waals surface area contributed by atoms with Crippen LogP contribution in [0, 0.1) is 0 Å². The number of nitrogen functional groups attached to an aromatic ring is 1. The highest BCUT2D eigenvalue weighted by Crippen LogP contribution is 2.31. The van der Waals surface area contributed by atoms with E-state index in [0.29, 0.717) is 17.8 Å². The number of H-pyrrole nitrogens is 1. The standard InChI is InChI=1S/C14H15N3O2/c15-9-6-11(16-7-9)14(19)17-13-10-4-2-1-3-8(10)5-12(13)18/h1-4,6-7,12-13,16,18H,5,15H2,(H,17,19)/t12-,13+/m0/s1. The van der Waals surface area contributed by atoms with E-state index in [-0.39, 0.29) is 11.9 Å². The third-order valence-corrected chi connectivity index (χ3v) is 3.44. The fraction of sp³-hybridized carbons (Fsp3) is 0.214. The summed E-state index contributed by atoms with van der Waals surface area (Å²) in [6, 6.07) is 8.94. The summed E-state index contributed by atoms with van der Waals surface area (Å²) in [6.45, 7) is 0. The molecule has 5 heteroatoms. The molecule has 1 heterocycles. The van der Waals surface area contributed by atoms with Gasteiger partial charge in [0, 0.05) is 18.3 Å². The monoisotopic (exact) mass is 257 g/mol. The number of anilines is 1. The second-order valence-corrected chi connectivity index (χ2v) is 4.77. The Hall–Kier alpha value is -2.27. The predicted molar refractivity (Wildman–Crippen MR) is 71.6 cm³/mol. The lowest BCUT2D eigenvalue weighted by Crippen LogP contribution is -2.34. The summed E-state index contributed by atoms with van der Waals surface area (Å²) in [5, 5.41) is 12.9. The topological polar surface area (TPSA) is 91.1 Å². The highest BCUT2D eigenvalue weighted by atomic mass is 16.3. The molecule has 0 fully saturated rings. The van der Waals surface area contributed by atoms with Crippen LogP contribution in [0.15, 0.2) is 36.5 Å². The van der Waals surface area contributed by atoms with Gasteiger partial charge in [-0.05, 0) is 17.2 Å². The molecule has 0 bridgehead atoms. The number of carbonyl (C=O) groups excluding carboxylic acids is 1. The Balaban J connectivity index is 1.82. The highest BCUT2D eigenvalue weighted by molar-refractivity contribution is 5.93. The van der Waals surface area contributed by atoms with Crippen molar-refractivity contribution in [3.63, 3.8) is 0 Å². The van der Waals surface area contributed by atoms with Crippen LogP contribution in [0.1, 0.15) is 27.7 Å². The Kier molecular flexibility index (Phi) is 2.76. The van der Waals surface area contributed by atoms with E-state index in [1.54, 1.807) is 12.3 Å². The number of aromatic nitrogens is 1. The molecule has 5 nitrogen and oxygen atoms in total. The lowest BCUT2D eigenvalue weighted by molar-refractivity contribution is 0.0854. The average Bonchev–Trinajstić information content (AvgIpc) is 2.95. The van der Waals surface area contributed by atoms with Gasteiger partial charge in [-0.2, -0.15) is 0 Å². The Bertz CT molecular complexity index is 621. The number of rotatable bonds is 2. The number of carbonyl (C=O) groups is 1. The summed E-state index contributed by atoms with van der Waals surface area (Å²) >= 11 is 0. The zero-order chi connectivity index (χ0) is 13.4. The SMILES string of the molecule is Nc1c[nH]c(C(=O)N[C@@H]2c3ccccc3C[C@@H]2O)c1. The molecule has 98 valence electrons. The number of nitrogens with two attached hydrogens (primary N) is 1. The number of fused-ring (bicyclic) bond motifs is 1. The van der Waals surface area contributed by atoms with Crippen LogP contribution in [0.5, 0.6) is 0 Å². The maximum Gasteiger partial charge on any atom is 0.268 e. The normalized spacial score (nSPS) is 21.1. The number of hydrogen-bond donors (Lipinski definition) is 4. The summed E-state index contributed by atoms with van der Waals surface area (Å²) in [5.74, 6) is -0.266. The van der Waals surface area contributed by atoms with Crippen molar-refractivity contribution >= 4 is 11.6 Å². The van der Waals surface area contributed by atoms with Crippen LogP contribution in [0.2, 0.25) is 0 Å². The second kappa shape index (κ2) is 4.44. The van der Waals surface area contributed by atoms with Crippen LogP contribution in [0.4, 0.5) is 5.69 Å². The maximum atomic E-state index is 12.1. The maximum absolute atomic E-state index is 12.1. The summed E-state index contributed by atoms with van der Waals surface area (Å²) < 4.78 is 0. The van der Waals surface area contributed by atoms with Gasteiger partial charge in [-0.25, -0.2) is 0 Å². The Morgan fingerprint density at radius 1 is 1.42 bits per heavy atom. The fourth-order valence-electron chi connectivity index (χ4n) is 2.51. The molecule has 1 aromatic heterocycles. The van der Waals surface area contributed by atoms with E-state index in [0.717, 1.165) is 11.1 Å². The van der Waals surface area contributed by atoms with Crippen molar-refractivity contribution in [2.45, 2.75) is 18.6 Å². The fourth-order valence-corrected chi connectivity index (χ4v) is 2.51. The van der Waals surface area contributed by atoms with E-state index in [4.69, 9.17) is 5.73 Å². The van der Waals surface area contributed by atoms with E-state index < -0.39 is 6.10 Å². The number of aliphatic hydroxyl groups is 1. The number of aliphatic hydroxyl groups excluding tert-OH is 1. The van der Waals surface area contributed by atoms with Crippen molar-refractivity contribution in [3.8, 4) is 0 Å². The van der Waals surface area contributed by atoms with Crippen molar-refractivity contribution in [2.75, 3.05) is 5.73 Å². The zero-order valence-corrected chi connectivity index (χ0v) is 10.3. The van der Waals surface area contributed by atoms with E-state index >= 15 is 0 Å². The summed E-state index contributed by atoms with van der Waals surface area (Å²) in [7, 11) is 0.